The number of methoxy groups -OCH3 is 1. The Morgan fingerprint density at radius 2 is 2.06 bits per heavy atom. The second kappa shape index (κ2) is 6.73. The lowest BCUT2D eigenvalue weighted by Crippen LogP contribution is -2.49. The van der Waals surface area contributed by atoms with E-state index in [2.05, 4.69) is 4.74 Å². The van der Waals surface area contributed by atoms with Gasteiger partial charge < -0.3 is 15.4 Å². The Balaban J connectivity index is 2.69. The zero-order valence-corrected chi connectivity index (χ0v) is 11.5. The largest absolute Gasteiger partial charge is 0.469 e. The smallest absolute Gasteiger partial charge is 0.307 e. The summed E-state index contributed by atoms with van der Waals surface area (Å²) in [6.07, 6.45) is 3.20. The van der Waals surface area contributed by atoms with Crippen LogP contribution in [-0.2, 0) is 14.3 Å². The van der Waals surface area contributed by atoms with Gasteiger partial charge in [0.2, 0.25) is 5.91 Å². The summed E-state index contributed by atoms with van der Waals surface area (Å²) >= 11 is 0. The van der Waals surface area contributed by atoms with E-state index in [4.69, 9.17) is 5.73 Å². The predicted molar refractivity (Wildman–Crippen MR) is 68.8 cm³/mol. The van der Waals surface area contributed by atoms with Gasteiger partial charge in [-0.3, -0.25) is 9.59 Å². The minimum Gasteiger partial charge on any atom is -0.469 e. The number of rotatable bonds is 4. The van der Waals surface area contributed by atoms with E-state index in [1.807, 2.05) is 18.7 Å². The molecular weight excluding hydrogens is 232 g/mol. The molecule has 3 unspecified atom stereocenters. The van der Waals surface area contributed by atoms with Gasteiger partial charge >= 0.3 is 5.97 Å². The number of hydrogen-bond acceptors (Lipinski definition) is 4. The zero-order valence-electron chi connectivity index (χ0n) is 11.5. The van der Waals surface area contributed by atoms with Gasteiger partial charge in [-0.1, -0.05) is 6.92 Å². The van der Waals surface area contributed by atoms with Crippen LogP contribution >= 0.6 is 0 Å². The third-order valence-corrected chi connectivity index (χ3v) is 3.72. The maximum atomic E-state index is 12.3. The second-order valence-electron chi connectivity index (χ2n) is 5.11. The van der Waals surface area contributed by atoms with Crippen molar-refractivity contribution >= 4 is 11.9 Å². The van der Waals surface area contributed by atoms with Gasteiger partial charge in [0.15, 0.2) is 0 Å². The Bertz CT molecular complexity index is 305. The molecule has 1 saturated heterocycles. The van der Waals surface area contributed by atoms with Gasteiger partial charge in [0.05, 0.1) is 19.4 Å². The van der Waals surface area contributed by atoms with Crippen molar-refractivity contribution in [1.29, 1.82) is 0 Å². The van der Waals surface area contributed by atoms with Crippen LogP contribution in [0.3, 0.4) is 0 Å². The van der Waals surface area contributed by atoms with Crippen molar-refractivity contribution in [1.82, 2.24) is 4.90 Å². The Labute approximate surface area is 109 Å². The maximum absolute atomic E-state index is 12.3. The van der Waals surface area contributed by atoms with Crippen LogP contribution in [0.2, 0.25) is 0 Å². The normalized spacial score (nSPS) is 23.3. The van der Waals surface area contributed by atoms with Gasteiger partial charge in [-0.2, -0.15) is 0 Å². The first-order chi connectivity index (χ1) is 8.47. The molecule has 0 aromatic heterocycles. The van der Waals surface area contributed by atoms with Crippen molar-refractivity contribution in [2.45, 2.75) is 51.6 Å². The lowest BCUT2D eigenvalue weighted by molar-refractivity contribution is -0.146. The molecule has 1 fully saturated rings. The molecule has 1 rings (SSSR count). The summed E-state index contributed by atoms with van der Waals surface area (Å²) < 4.78 is 4.69. The molecule has 0 radical (unpaired) electrons. The van der Waals surface area contributed by atoms with E-state index in [0.717, 1.165) is 25.8 Å². The number of ether oxygens (including phenoxy) is 1. The molecule has 0 aromatic rings. The number of likely N-dealkylation sites (tertiary alicyclic amines) is 1. The van der Waals surface area contributed by atoms with Crippen LogP contribution in [0.5, 0.6) is 0 Å². The molecule has 3 atom stereocenters. The lowest BCUT2D eigenvalue weighted by Gasteiger charge is -2.37. The molecule has 1 aliphatic rings. The van der Waals surface area contributed by atoms with Gasteiger partial charge in [0, 0.05) is 18.6 Å². The van der Waals surface area contributed by atoms with Crippen LogP contribution in [-0.4, -0.2) is 42.5 Å². The molecule has 5 nitrogen and oxygen atoms in total. The molecular formula is C13H24N2O3. The number of carbonyl (C=O) groups is 2. The second-order valence-corrected chi connectivity index (χ2v) is 5.11. The molecule has 1 heterocycles. The predicted octanol–water partition coefficient (Wildman–Crippen LogP) is 0.914. The van der Waals surface area contributed by atoms with E-state index in [9.17, 15) is 9.59 Å². The fraction of sp³-hybridized carbons (Fsp3) is 0.846. The molecule has 0 saturated carbocycles. The molecule has 5 heteroatoms. The maximum Gasteiger partial charge on any atom is 0.307 e. The molecule has 1 amide bonds. The van der Waals surface area contributed by atoms with Gasteiger partial charge in [-0.05, 0) is 26.2 Å². The third-order valence-electron chi connectivity index (χ3n) is 3.72. The highest BCUT2D eigenvalue weighted by molar-refractivity contribution is 5.80. The first-order valence-electron chi connectivity index (χ1n) is 6.60. The number of nitrogens with two attached hydrogens (primary N) is 1. The summed E-state index contributed by atoms with van der Waals surface area (Å²) in [5.41, 5.74) is 5.78. The number of piperidine rings is 1. The average Bonchev–Trinajstić information content (AvgIpc) is 2.37. The van der Waals surface area contributed by atoms with E-state index >= 15 is 0 Å². The van der Waals surface area contributed by atoms with Crippen molar-refractivity contribution < 1.29 is 14.3 Å². The van der Waals surface area contributed by atoms with E-state index in [0.29, 0.717) is 0 Å². The molecule has 0 spiro atoms. The topological polar surface area (TPSA) is 72.6 Å². The summed E-state index contributed by atoms with van der Waals surface area (Å²) in [7, 11) is 1.38. The number of carbonyl (C=O) groups excluding carboxylic acids is 2. The molecule has 0 bridgehead atoms. The van der Waals surface area contributed by atoms with Crippen LogP contribution in [0, 0.1) is 5.92 Å². The Kier molecular flexibility index (Phi) is 5.59. The van der Waals surface area contributed by atoms with Crippen LogP contribution in [0.25, 0.3) is 0 Å². The Hall–Kier alpha value is -1.10. The van der Waals surface area contributed by atoms with E-state index in [1.165, 1.54) is 7.11 Å². The Morgan fingerprint density at radius 3 is 2.61 bits per heavy atom. The standard InChI is InChI=1S/C13H24N2O3/c1-9(10(2)14)13(17)15-7-5-4-6-11(15)8-12(16)18-3/h9-11H,4-8,14H2,1-3H3. The highest BCUT2D eigenvalue weighted by Crippen LogP contribution is 2.22. The molecule has 18 heavy (non-hydrogen) atoms. The summed E-state index contributed by atoms with van der Waals surface area (Å²) in [5.74, 6) is -0.407. The first-order valence-corrected chi connectivity index (χ1v) is 6.60. The van der Waals surface area contributed by atoms with Crippen molar-refractivity contribution in [3.05, 3.63) is 0 Å². The lowest BCUT2D eigenvalue weighted by atomic mass is 9.95. The summed E-state index contributed by atoms with van der Waals surface area (Å²) in [4.78, 5) is 25.5. The third kappa shape index (κ3) is 3.70. The van der Waals surface area contributed by atoms with Gasteiger partial charge in [-0.25, -0.2) is 0 Å². The van der Waals surface area contributed by atoms with Crippen molar-refractivity contribution in [2.75, 3.05) is 13.7 Å². The minimum absolute atomic E-state index is 0.0279. The van der Waals surface area contributed by atoms with Crippen LogP contribution in [0.4, 0.5) is 0 Å². The zero-order chi connectivity index (χ0) is 13.7. The van der Waals surface area contributed by atoms with E-state index in [1.54, 1.807) is 0 Å². The number of hydrogen-bond donors (Lipinski definition) is 1. The fourth-order valence-corrected chi connectivity index (χ4v) is 2.27. The van der Waals surface area contributed by atoms with Gasteiger partial charge in [0.25, 0.3) is 0 Å². The van der Waals surface area contributed by atoms with E-state index < -0.39 is 0 Å². The molecule has 0 aliphatic carbocycles. The highest BCUT2D eigenvalue weighted by Gasteiger charge is 2.32. The molecule has 2 N–H and O–H groups in total. The monoisotopic (exact) mass is 256 g/mol. The number of amides is 1. The summed E-state index contributed by atoms with van der Waals surface area (Å²) in [6, 6.07) is -0.196. The number of esters is 1. The van der Waals surface area contributed by atoms with Crippen molar-refractivity contribution in [2.24, 2.45) is 11.7 Å². The van der Waals surface area contributed by atoms with Crippen LogP contribution < -0.4 is 5.73 Å². The van der Waals surface area contributed by atoms with Gasteiger partial charge in [0.1, 0.15) is 0 Å². The first kappa shape index (κ1) is 15.0. The van der Waals surface area contributed by atoms with Crippen LogP contribution in [0.1, 0.15) is 39.5 Å². The minimum atomic E-state index is -0.256. The quantitative estimate of drug-likeness (QED) is 0.759. The van der Waals surface area contributed by atoms with Crippen molar-refractivity contribution in [3.8, 4) is 0 Å². The SMILES string of the molecule is COC(=O)CC1CCCCN1C(=O)C(C)C(C)N. The molecule has 104 valence electrons. The average molecular weight is 256 g/mol. The summed E-state index contributed by atoms with van der Waals surface area (Å²) in [5, 5.41) is 0. The number of nitrogens with zero attached hydrogens (tertiary/aromatic N) is 1. The molecule has 1 aliphatic heterocycles. The fourth-order valence-electron chi connectivity index (χ4n) is 2.27. The van der Waals surface area contributed by atoms with Gasteiger partial charge in [-0.15, -0.1) is 0 Å². The Morgan fingerprint density at radius 1 is 1.39 bits per heavy atom. The van der Waals surface area contributed by atoms with Crippen LogP contribution in [0.15, 0.2) is 0 Å². The molecule has 0 aromatic carbocycles. The van der Waals surface area contributed by atoms with E-state index in [-0.39, 0.29) is 36.3 Å². The van der Waals surface area contributed by atoms with Crippen molar-refractivity contribution in [3.63, 3.8) is 0 Å². The summed E-state index contributed by atoms with van der Waals surface area (Å²) in [6.45, 7) is 4.40. The highest BCUT2D eigenvalue weighted by atomic mass is 16.5.